The van der Waals surface area contributed by atoms with E-state index < -0.39 is 24.7 Å². The lowest BCUT2D eigenvalue weighted by Gasteiger charge is -2.31. The van der Waals surface area contributed by atoms with Gasteiger partial charge >= 0.3 is 6.18 Å². The van der Waals surface area contributed by atoms with Gasteiger partial charge in [0, 0.05) is 10.5 Å². The fourth-order valence-corrected chi connectivity index (χ4v) is 3.36. The summed E-state index contributed by atoms with van der Waals surface area (Å²) in [6.07, 6.45) is -3.38. The number of hydrogen-bond donors (Lipinski definition) is 0. The first-order valence-electron chi connectivity index (χ1n) is 5.90. The van der Waals surface area contributed by atoms with Gasteiger partial charge in [-0.3, -0.25) is 4.79 Å². The van der Waals surface area contributed by atoms with Crippen molar-refractivity contribution in [1.29, 1.82) is 0 Å². The molecule has 0 radical (unpaired) electrons. The standard InChI is InChI=1S/C12H15BrF3NOS/c1-3-8(4-2)17(7-12(14,15)16)11(18)10-9(13)5-6-19-10/h5-6,8H,3-4,7H2,1-2H3. The predicted molar refractivity (Wildman–Crippen MR) is 73.5 cm³/mol. The smallest absolute Gasteiger partial charge is 0.326 e. The molecule has 0 saturated carbocycles. The van der Waals surface area contributed by atoms with Crippen molar-refractivity contribution in [3.63, 3.8) is 0 Å². The minimum atomic E-state index is -4.39. The van der Waals surface area contributed by atoms with Crippen molar-refractivity contribution in [2.75, 3.05) is 6.54 Å². The summed E-state index contributed by atoms with van der Waals surface area (Å²) >= 11 is 4.33. The number of halogens is 4. The molecule has 0 aliphatic carbocycles. The third kappa shape index (κ3) is 4.49. The van der Waals surface area contributed by atoms with E-state index in [1.54, 1.807) is 25.3 Å². The van der Waals surface area contributed by atoms with Crippen molar-refractivity contribution in [3.05, 3.63) is 20.8 Å². The van der Waals surface area contributed by atoms with Crippen LogP contribution in [-0.2, 0) is 0 Å². The number of amides is 1. The summed E-state index contributed by atoms with van der Waals surface area (Å²) in [4.78, 5) is 13.5. The Hall–Kier alpha value is -0.560. The normalized spacial score (nSPS) is 11.9. The van der Waals surface area contributed by atoms with E-state index in [2.05, 4.69) is 15.9 Å². The number of thiophene rings is 1. The molecule has 0 aromatic carbocycles. The molecule has 1 rings (SSSR count). The second-order valence-corrected chi connectivity index (χ2v) is 5.89. The third-order valence-corrected chi connectivity index (χ3v) is 4.63. The van der Waals surface area contributed by atoms with Crippen molar-refractivity contribution >= 4 is 33.2 Å². The molecule has 108 valence electrons. The van der Waals surface area contributed by atoms with Gasteiger partial charge in [0.1, 0.15) is 11.4 Å². The molecule has 1 amide bonds. The first-order valence-corrected chi connectivity index (χ1v) is 7.58. The van der Waals surface area contributed by atoms with Crippen LogP contribution in [0.1, 0.15) is 36.4 Å². The Balaban J connectivity index is 3.02. The van der Waals surface area contributed by atoms with Gasteiger partial charge in [0.15, 0.2) is 0 Å². The van der Waals surface area contributed by atoms with Crippen molar-refractivity contribution in [2.45, 2.75) is 38.9 Å². The molecular formula is C12H15BrF3NOS. The van der Waals surface area contributed by atoms with Crippen molar-refractivity contribution in [1.82, 2.24) is 4.90 Å². The molecule has 2 nitrogen and oxygen atoms in total. The van der Waals surface area contributed by atoms with Gasteiger partial charge in [0.25, 0.3) is 5.91 Å². The Kier molecular flexibility index (Phi) is 5.85. The van der Waals surface area contributed by atoms with Crippen molar-refractivity contribution in [2.24, 2.45) is 0 Å². The summed E-state index contributed by atoms with van der Waals surface area (Å²) in [5.41, 5.74) is 0. The summed E-state index contributed by atoms with van der Waals surface area (Å²) in [6, 6.07) is 1.26. The maximum absolute atomic E-state index is 12.6. The van der Waals surface area contributed by atoms with Gasteiger partial charge in [0.2, 0.25) is 0 Å². The van der Waals surface area contributed by atoms with Crippen LogP contribution in [0.4, 0.5) is 13.2 Å². The highest BCUT2D eigenvalue weighted by molar-refractivity contribution is 9.10. The van der Waals surface area contributed by atoms with Gasteiger partial charge in [-0.1, -0.05) is 13.8 Å². The molecule has 0 aliphatic rings. The van der Waals surface area contributed by atoms with Gasteiger partial charge < -0.3 is 4.90 Å². The zero-order valence-electron chi connectivity index (χ0n) is 10.6. The van der Waals surface area contributed by atoms with E-state index in [0.717, 1.165) is 16.2 Å². The average molecular weight is 358 g/mol. The molecule has 0 unspecified atom stereocenters. The van der Waals surface area contributed by atoms with Crippen molar-refractivity contribution < 1.29 is 18.0 Å². The highest BCUT2D eigenvalue weighted by Crippen LogP contribution is 2.28. The molecule has 0 fully saturated rings. The number of hydrogen-bond acceptors (Lipinski definition) is 2. The lowest BCUT2D eigenvalue weighted by Crippen LogP contribution is -2.45. The van der Waals surface area contributed by atoms with Crippen LogP contribution >= 0.6 is 27.3 Å². The molecular weight excluding hydrogens is 343 g/mol. The van der Waals surface area contributed by atoms with E-state index in [0.29, 0.717) is 22.2 Å². The zero-order valence-corrected chi connectivity index (χ0v) is 13.0. The van der Waals surface area contributed by atoms with Crippen LogP contribution in [0.2, 0.25) is 0 Å². The van der Waals surface area contributed by atoms with Crippen LogP contribution in [0.3, 0.4) is 0 Å². The second-order valence-electron chi connectivity index (χ2n) is 4.12. The Labute approximate surface area is 122 Å². The molecule has 0 bridgehead atoms. The number of nitrogens with zero attached hydrogens (tertiary/aromatic N) is 1. The fourth-order valence-electron chi connectivity index (χ4n) is 1.87. The molecule has 0 saturated heterocycles. The maximum Gasteiger partial charge on any atom is 0.406 e. The Morgan fingerprint density at radius 2 is 2.00 bits per heavy atom. The summed E-state index contributed by atoms with van der Waals surface area (Å²) in [7, 11) is 0. The highest BCUT2D eigenvalue weighted by Gasteiger charge is 2.36. The SMILES string of the molecule is CCC(CC)N(CC(F)(F)F)C(=O)c1sccc1Br. The summed E-state index contributed by atoms with van der Waals surface area (Å²) < 4.78 is 38.5. The number of rotatable bonds is 5. The quantitative estimate of drug-likeness (QED) is 0.747. The molecule has 19 heavy (non-hydrogen) atoms. The average Bonchev–Trinajstić information content (AvgIpc) is 2.73. The lowest BCUT2D eigenvalue weighted by molar-refractivity contribution is -0.144. The van der Waals surface area contributed by atoms with Crippen molar-refractivity contribution in [3.8, 4) is 0 Å². The van der Waals surface area contributed by atoms with Crippen LogP contribution in [0.5, 0.6) is 0 Å². The molecule has 0 aliphatic heterocycles. The Bertz CT molecular complexity index is 429. The molecule has 0 atom stereocenters. The maximum atomic E-state index is 12.6. The van der Waals surface area contributed by atoms with Gasteiger partial charge in [0.05, 0.1) is 0 Å². The van der Waals surface area contributed by atoms with E-state index in [9.17, 15) is 18.0 Å². The van der Waals surface area contributed by atoms with Gasteiger partial charge in [-0.25, -0.2) is 0 Å². The van der Waals surface area contributed by atoms with E-state index in [1.165, 1.54) is 0 Å². The molecule has 1 aromatic heterocycles. The minimum absolute atomic E-state index is 0.316. The third-order valence-electron chi connectivity index (χ3n) is 2.81. The number of carbonyl (C=O) groups excluding carboxylic acids is 1. The van der Waals surface area contributed by atoms with Gasteiger partial charge in [-0.15, -0.1) is 11.3 Å². The molecule has 0 spiro atoms. The van der Waals surface area contributed by atoms with E-state index in [4.69, 9.17) is 0 Å². The largest absolute Gasteiger partial charge is 0.406 e. The van der Waals surface area contributed by atoms with E-state index >= 15 is 0 Å². The lowest BCUT2D eigenvalue weighted by atomic mass is 10.1. The summed E-state index contributed by atoms with van der Waals surface area (Å²) in [6.45, 7) is 2.37. The van der Waals surface area contributed by atoms with Crippen LogP contribution in [0.25, 0.3) is 0 Å². The first-order chi connectivity index (χ1) is 8.80. The minimum Gasteiger partial charge on any atom is -0.326 e. The van der Waals surface area contributed by atoms with Crippen LogP contribution < -0.4 is 0 Å². The second kappa shape index (κ2) is 6.74. The molecule has 1 heterocycles. The first kappa shape index (κ1) is 16.5. The van der Waals surface area contributed by atoms with Gasteiger partial charge in [-0.2, -0.15) is 13.2 Å². The van der Waals surface area contributed by atoms with E-state index in [-0.39, 0.29) is 0 Å². The monoisotopic (exact) mass is 357 g/mol. The predicted octanol–water partition coefficient (Wildman–Crippen LogP) is 4.70. The van der Waals surface area contributed by atoms with E-state index in [1.807, 2.05) is 0 Å². The van der Waals surface area contributed by atoms with Crippen LogP contribution in [0.15, 0.2) is 15.9 Å². The Morgan fingerprint density at radius 3 is 2.37 bits per heavy atom. The van der Waals surface area contributed by atoms with Crippen LogP contribution in [-0.4, -0.2) is 29.6 Å². The zero-order chi connectivity index (χ0) is 14.6. The fraction of sp³-hybridized carbons (Fsp3) is 0.583. The Morgan fingerprint density at radius 1 is 1.42 bits per heavy atom. The summed E-state index contributed by atoms with van der Waals surface area (Å²) in [5.74, 6) is -0.562. The summed E-state index contributed by atoms with van der Waals surface area (Å²) in [5, 5.41) is 1.68. The molecule has 0 N–H and O–H groups in total. The molecule has 1 aromatic rings. The topological polar surface area (TPSA) is 20.3 Å². The van der Waals surface area contributed by atoms with Gasteiger partial charge in [-0.05, 0) is 40.2 Å². The van der Waals surface area contributed by atoms with Crippen LogP contribution in [0, 0.1) is 0 Å². The number of carbonyl (C=O) groups is 1. The molecule has 7 heteroatoms. The number of alkyl halides is 3. The highest BCUT2D eigenvalue weighted by atomic mass is 79.9.